The number of anilines is 3. The predicted octanol–water partition coefficient (Wildman–Crippen LogP) is 5.84. The SMILES string of the molecule is C=C(C)c1n[nH]c2c(N3CCC(c4ccc(N5CCC(CN6CCN(c7cc8c(c(OC)n7)C(=O)N(C7CCC(=O)NC7=O)C8)CC6)CC5)cc4)CC3)ccc(Cl)c12. The van der Waals surface area contributed by atoms with Gasteiger partial charge in [0.2, 0.25) is 17.7 Å². The number of amides is 3. The average molecular weight is 806 g/mol. The number of nitrogens with zero attached hydrogens (tertiary/aromatic N) is 7. The van der Waals surface area contributed by atoms with E-state index in [1.54, 1.807) is 4.90 Å². The van der Waals surface area contributed by atoms with E-state index < -0.39 is 11.9 Å². The predicted molar refractivity (Wildman–Crippen MR) is 227 cm³/mol. The Morgan fingerprint density at radius 1 is 0.897 bits per heavy atom. The van der Waals surface area contributed by atoms with Crippen LogP contribution in [0.2, 0.25) is 5.02 Å². The Hall–Kier alpha value is -5.14. The van der Waals surface area contributed by atoms with Gasteiger partial charge >= 0.3 is 0 Å². The third-order valence-corrected chi connectivity index (χ3v) is 13.4. The summed E-state index contributed by atoms with van der Waals surface area (Å²) < 4.78 is 5.61. The average Bonchev–Trinajstić information content (AvgIpc) is 3.84. The van der Waals surface area contributed by atoms with E-state index in [4.69, 9.17) is 21.3 Å². The quantitative estimate of drug-likeness (QED) is 0.199. The molecule has 0 saturated carbocycles. The third kappa shape index (κ3) is 7.27. The lowest BCUT2D eigenvalue weighted by atomic mass is 9.88. The van der Waals surface area contributed by atoms with Gasteiger partial charge in [0, 0.05) is 82.9 Å². The standard InChI is InChI=1S/C44H52ClN9O4/c1-27(2)40-39-33(45)8-9-34(41(39)49-48-40)52-18-14-30(15-19-52)29-4-6-32(7-5-29)51-16-12-28(13-17-51)25-50-20-22-53(23-21-50)36-24-31-26-54(35-10-11-37(55)47-42(35)56)44(57)38(31)43(46-36)58-3/h4-9,24,28,30,35H,1,10-23,25-26H2,2-3H3,(H,48,49)(H,47,55,56). The Labute approximate surface area is 344 Å². The lowest BCUT2D eigenvalue weighted by Gasteiger charge is -2.40. The Kier molecular flexibility index (Phi) is 10.5. The van der Waals surface area contributed by atoms with Gasteiger partial charge in [0.25, 0.3) is 5.91 Å². The number of H-pyrrole nitrogens is 1. The molecule has 0 radical (unpaired) electrons. The number of rotatable bonds is 9. The first-order valence-corrected chi connectivity index (χ1v) is 21.1. The molecule has 304 valence electrons. The molecule has 0 bridgehead atoms. The molecule has 1 unspecified atom stereocenters. The number of methoxy groups -OCH3 is 1. The highest BCUT2D eigenvalue weighted by molar-refractivity contribution is 6.36. The van der Waals surface area contributed by atoms with Gasteiger partial charge in [0.15, 0.2) is 0 Å². The number of ether oxygens (including phenoxy) is 1. The smallest absolute Gasteiger partial charge is 0.260 e. The third-order valence-electron chi connectivity index (χ3n) is 13.1. The first kappa shape index (κ1) is 38.4. The molecule has 58 heavy (non-hydrogen) atoms. The number of hydrogen-bond donors (Lipinski definition) is 2. The number of fused-ring (bicyclic) bond motifs is 2. The van der Waals surface area contributed by atoms with Crippen molar-refractivity contribution in [2.75, 3.05) is 80.7 Å². The Bertz CT molecular complexity index is 2240. The minimum absolute atomic E-state index is 0.219. The summed E-state index contributed by atoms with van der Waals surface area (Å²) in [6, 6.07) is 14.8. The van der Waals surface area contributed by atoms with Crippen LogP contribution in [0.3, 0.4) is 0 Å². The van der Waals surface area contributed by atoms with Gasteiger partial charge in [0.05, 0.1) is 29.0 Å². The van der Waals surface area contributed by atoms with E-state index in [2.05, 4.69) is 72.0 Å². The molecule has 5 aliphatic rings. The van der Waals surface area contributed by atoms with Gasteiger partial charge in [0.1, 0.15) is 17.4 Å². The molecule has 13 nitrogen and oxygen atoms in total. The van der Waals surface area contributed by atoms with Gasteiger partial charge in [-0.1, -0.05) is 30.3 Å². The van der Waals surface area contributed by atoms with Crippen LogP contribution in [0.25, 0.3) is 16.5 Å². The number of nitrogens with one attached hydrogen (secondary N) is 2. The Morgan fingerprint density at radius 2 is 1.62 bits per heavy atom. The van der Waals surface area contributed by atoms with Crippen molar-refractivity contribution < 1.29 is 19.1 Å². The summed E-state index contributed by atoms with van der Waals surface area (Å²) in [6.45, 7) is 15.2. The largest absolute Gasteiger partial charge is 0.480 e. The molecule has 14 heteroatoms. The lowest BCUT2D eigenvalue weighted by molar-refractivity contribution is -0.136. The minimum Gasteiger partial charge on any atom is -0.480 e. The molecule has 3 amide bonds. The van der Waals surface area contributed by atoms with Gasteiger partial charge in [-0.05, 0) is 97.9 Å². The highest BCUT2D eigenvalue weighted by atomic mass is 35.5. The van der Waals surface area contributed by atoms with Gasteiger partial charge in [-0.25, -0.2) is 0 Å². The highest BCUT2D eigenvalue weighted by Crippen LogP contribution is 2.39. The van der Waals surface area contributed by atoms with Crippen molar-refractivity contribution in [2.24, 2.45) is 5.92 Å². The van der Waals surface area contributed by atoms with Gasteiger partial charge in [-0.2, -0.15) is 10.1 Å². The van der Waals surface area contributed by atoms with Crippen molar-refractivity contribution >= 4 is 63.0 Å². The summed E-state index contributed by atoms with van der Waals surface area (Å²) in [4.78, 5) is 53.8. The molecule has 0 spiro atoms. The number of piperazine rings is 1. The van der Waals surface area contributed by atoms with Gasteiger partial charge in [-0.3, -0.25) is 29.7 Å². The molecule has 0 aliphatic carbocycles. The van der Waals surface area contributed by atoms with Crippen molar-refractivity contribution in [3.63, 3.8) is 0 Å². The first-order valence-electron chi connectivity index (χ1n) is 20.8. The summed E-state index contributed by atoms with van der Waals surface area (Å²) >= 11 is 6.59. The van der Waals surface area contributed by atoms with Crippen LogP contribution >= 0.6 is 11.6 Å². The number of aromatic amines is 1. The first-order chi connectivity index (χ1) is 28.1. The van der Waals surface area contributed by atoms with Crippen molar-refractivity contribution in [1.29, 1.82) is 0 Å². The number of halogens is 1. The fraction of sp³-hybridized carbons (Fsp3) is 0.477. The number of hydrogen-bond acceptors (Lipinski definition) is 10. The van der Waals surface area contributed by atoms with Crippen molar-refractivity contribution in [2.45, 2.75) is 64.0 Å². The van der Waals surface area contributed by atoms with E-state index in [0.29, 0.717) is 41.3 Å². The Balaban J connectivity index is 0.740. The number of piperidine rings is 3. The van der Waals surface area contributed by atoms with E-state index in [0.717, 1.165) is 111 Å². The second kappa shape index (κ2) is 15.9. The van der Waals surface area contributed by atoms with Crippen LogP contribution in [0.1, 0.15) is 78.5 Å². The molecule has 1 atom stereocenters. The second-order valence-electron chi connectivity index (χ2n) is 16.7. The van der Waals surface area contributed by atoms with E-state index in [9.17, 15) is 14.4 Å². The molecule has 9 rings (SSSR count). The van der Waals surface area contributed by atoms with E-state index in [1.807, 2.05) is 19.1 Å². The zero-order valence-electron chi connectivity index (χ0n) is 33.4. The molecule has 4 saturated heterocycles. The number of aromatic nitrogens is 3. The maximum absolute atomic E-state index is 13.4. The fourth-order valence-electron chi connectivity index (χ4n) is 9.81. The molecule has 4 fully saturated rings. The lowest BCUT2D eigenvalue weighted by Crippen LogP contribution is -2.52. The van der Waals surface area contributed by atoms with E-state index in [-0.39, 0.29) is 18.2 Å². The summed E-state index contributed by atoms with van der Waals surface area (Å²) in [6.07, 6.45) is 5.12. The van der Waals surface area contributed by atoms with E-state index in [1.165, 1.54) is 31.2 Å². The minimum atomic E-state index is -0.671. The topological polar surface area (TPSA) is 130 Å². The number of imide groups is 1. The molecule has 2 N–H and O–H groups in total. The Morgan fingerprint density at radius 3 is 2.31 bits per heavy atom. The van der Waals surface area contributed by atoms with Crippen molar-refractivity contribution in [1.82, 2.24) is 30.3 Å². The maximum atomic E-state index is 13.4. The van der Waals surface area contributed by atoms with Crippen LogP contribution in [0.4, 0.5) is 17.2 Å². The van der Waals surface area contributed by atoms with Crippen LogP contribution in [0.5, 0.6) is 5.88 Å². The van der Waals surface area contributed by atoms with Crippen LogP contribution in [-0.2, 0) is 16.1 Å². The number of pyridine rings is 1. The second-order valence-corrected chi connectivity index (χ2v) is 17.1. The molecular weight excluding hydrogens is 754 g/mol. The summed E-state index contributed by atoms with van der Waals surface area (Å²) in [5, 5.41) is 11.8. The molecule has 2 aromatic heterocycles. The zero-order chi connectivity index (χ0) is 40.1. The molecule has 4 aromatic rings. The number of benzene rings is 2. The van der Waals surface area contributed by atoms with Crippen LogP contribution in [0.15, 0.2) is 49.0 Å². The monoisotopic (exact) mass is 805 g/mol. The van der Waals surface area contributed by atoms with Crippen molar-refractivity contribution in [3.8, 4) is 5.88 Å². The van der Waals surface area contributed by atoms with Crippen LogP contribution < -0.4 is 24.8 Å². The molecule has 7 heterocycles. The maximum Gasteiger partial charge on any atom is 0.260 e. The number of carbonyl (C=O) groups excluding carboxylic acids is 3. The van der Waals surface area contributed by atoms with Gasteiger partial charge < -0.3 is 24.3 Å². The summed E-state index contributed by atoms with van der Waals surface area (Å²) in [5.41, 5.74) is 7.88. The molecule has 2 aromatic carbocycles. The zero-order valence-corrected chi connectivity index (χ0v) is 34.2. The summed E-state index contributed by atoms with van der Waals surface area (Å²) in [5.74, 6) is 1.32. The van der Waals surface area contributed by atoms with Crippen LogP contribution in [0, 0.1) is 5.92 Å². The number of carbonyl (C=O) groups is 3. The highest BCUT2D eigenvalue weighted by Gasteiger charge is 2.42. The van der Waals surface area contributed by atoms with Crippen LogP contribution in [-0.4, -0.2) is 115 Å². The van der Waals surface area contributed by atoms with E-state index >= 15 is 0 Å². The normalized spacial score (nSPS) is 21.2. The van der Waals surface area contributed by atoms with Gasteiger partial charge in [-0.15, -0.1) is 0 Å². The fourth-order valence-corrected chi connectivity index (χ4v) is 10.1. The van der Waals surface area contributed by atoms with Crippen molar-refractivity contribution in [3.05, 3.63) is 76.5 Å². The number of allylic oxidation sites excluding steroid dienone is 1. The molecule has 5 aliphatic heterocycles. The summed E-state index contributed by atoms with van der Waals surface area (Å²) in [7, 11) is 1.53. The molecular formula is C44H52ClN9O4.